The van der Waals surface area contributed by atoms with Crippen LogP contribution in [0.25, 0.3) is 10.9 Å². The highest BCUT2D eigenvalue weighted by Gasteiger charge is 2.28. The largest absolute Gasteiger partial charge is 0.494 e. The highest BCUT2D eigenvalue weighted by molar-refractivity contribution is 6.10. The van der Waals surface area contributed by atoms with Gasteiger partial charge in [0.1, 0.15) is 24.1 Å². The maximum Gasteiger partial charge on any atom is 0.254 e. The molecular formula is C24H28N4O4. The monoisotopic (exact) mass is 436 g/mol. The van der Waals surface area contributed by atoms with Crippen molar-refractivity contribution in [3.63, 3.8) is 0 Å². The average molecular weight is 437 g/mol. The van der Waals surface area contributed by atoms with Gasteiger partial charge >= 0.3 is 0 Å². The molecule has 3 rings (SSSR count). The van der Waals surface area contributed by atoms with Crippen LogP contribution in [-0.2, 0) is 11.3 Å². The molecule has 0 saturated carbocycles. The normalized spacial score (nSPS) is 11.9. The summed E-state index contributed by atoms with van der Waals surface area (Å²) in [5, 5.41) is 14.9. The summed E-state index contributed by atoms with van der Waals surface area (Å²) >= 11 is 0. The summed E-state index contributed by atoms with van der Waals surface area (Å²) in [4.78, 5) is 25.9. The van der Waals surface area contributed by atoms with Crippen LogP contribution in [0.4, 0.5) is 0 Å². The number of rotatable bonds is 9. The lowest BCUT2D eigenvalue weighted by Gasteiger charge is -2.21. The quantitative estimate of drug-likeness (QED) is 0.500. The van der Waals surface area contributed by atoms with Crippen LogP contribution in [-0.4, -0.2) is 35.6 Å². The molecule has 32 heavy (non-hydrogen) atoms. The number of carbonyl (C=O) groups is 2. The van der Waals surface area contributed by atoms with Gasteiger partial charge < -0.3 is 24.4 Å². The molecule has 8 nitrogen and oxygen atoms in total. The van der Waals surface area contributed by atoms with Gasteiger partial charge in [-0.15, -0.1) is 0 Å². The van der Waals surface area contributed by atoms with Gasteiger partial charge in [0.15, 0.2) is 0 Å². The molecule has 0 aliphatic carbocycles. The van der Waals surface area contributed by atoms with E-state index in [9.17, 15) is 9.59 Å². The number of hydrogen-bond acceptors (Lipinski definition) is 5. The van der Waals surface area contributed by atoms with Gasteiger partial charge in [-0.2, -0.15) is 5.26 Å². The van der Waals surface area contributed by atoms with Gasteiger partial charge in [-0.05, 0) is 50.1 Å². The smallest absolute Gasteiger partial charge is 0.254 e. The van der Waals surface area contributed by atoms with E-state index in [4.69, 9.17) is 14.4 Å². The number of nitrogens with one attached hydrogen (secondary N) is 2. The zero-order chi connectivity index (χ0) is 23.3. The Morgan fingerprint density at radius 3 is 2.69 bits per heavy atom. The highest BCUT2D eigenvalue weighted by Crippen LogP contribution is 2.30. The van der Waals surface area contributed by atoms with Gasteiger partial charge in [-0.3, -0.25) is 9.59 Å². The molecule has 0 aliphatic heterocycles. The van der Waals surface area contributed by atoms with Gasteiger partial charge in [0.25, 0.3) is 5.91 Å². The fourth-order valence-corrected chi connectivity index (χ4v) is 3.75. The van der Waals surface area contributed by atoms with Gasteiger partial charge in [-0.1, -0.05) is 13.8 Å². The molecule has 1 unspecified atom stereocenters. The third-order valence-electron chi connectivity index (χ3n) is 5.30. The van der Waals surface area contributed by atoms with Crippen molar-refractivity contribution in [1.82, 2.24) is 15.2 Å². The van der Waals surface area contributed by atoms with Crippen LogP contribution in [0, 0.1) is 24.2 Å². The zero-order valence-corrected chi connectivity index (χ0v) is 18.8. The van der Waals surface area contributed by atoms with Gasteiger partial charge in [0.05, 0.1) is 31.0 Å². The van der Waals surface area contributed by atoms with E-state index in [0.717, 1.165) is 22.4 Å². The summed E-state index contributed by atoms with van der Waals surface area (Å²) in [7, 11) is 0. The molecule has 0 bridgehead atoms. The maximum atomic E-state index is 13.4. The zero-order valence-electron chi connectivity index (χ0n) is 18.8. The predicted octanol–water partition coefficient (Wildman–Crippen LogP) is 3.38. The molecule has 0 radical (unpaired) electrons. The minimum absolute atomic E-state index is 0.114. The molecule has 1 atom stereocenters. The second-order valence-corrected chi connectivity index (χ2v) is 7.81. The Morgan fingerprint density at radius 1 is 1.28 bits per heavy atom. The minimum atomic E-state index is -0.770. The number of nitriles is 1. The van der Waals surface area contributed by atoms with Crippen molar-refractivity contribution in [3.8, 4) is 11.8 Å². The van der Waals surface area contributed by atoms with E-state index >= 15 is 0 Å². The lowest BCUT2D eigenvalue weighted by atomic mass is 10.0. The summed E-state index contributed by atoms with van der Waals surface area (Å²) < 4.78 is 13.2. The van der Waals surface area contributed by atoms with Crippen LogP contribution in [0.15, 0.2) is 41.0 Å². The van der Waals surface area contributed by atoms with E-state index in [-0.39, 0.29) is 24.3 Å². The van der Waals surface area contributed by atoms with E-state index < -0.39 is 6.04 Å². The van der Waals surface area contributed by atoms with E-state index in [0.29, 0.717) is 24.5 Å². The van der Waals surface area contributed by atoms with Crippen molar-refractivity contribution in [2.75, 3.05) is 13.2 Å². The standard InChI is InChI=1S/C24H28N4O4/c1-5-31-17-8-9-20-19(13-17)21(16(4)28(20)14-18-7-6-12-32-18)23(29)27-22(15(2)3)24(30)26-11-10-25/h6-9,12-13,15,22H,5,11,14H2,1-4H3,(H,26,30)(H,27,29). The summed E-state index contributed by atoms with van der Waals surface area (Å²) in [5.41, 5.74) is 2.09. The average Bonchev–Trinajstić information content (AvgIpc) is 3.36. The van der Waals surface area contributed by atoms with Gasteiger partial charge in [0, 0.05) is 16.6 Å². The second-order valence-electron chi connectivity index (χ2n) is 7.81. The number of ether oxygens (including phenoxy) is 1. The summed E-state index contributed by atoms with van der Waals surface area (Å²) in [6, 6.07) is 10.5. The first kappa shape index (κ1) is 22.9. The van der Waals surface area contributed by atoms with Crippen molar-refractivity contribution in [1.29, 1.82) is 5.26 Å². The summed E-state index contributed by atoms with van der Waals surface area (Å²) in [5.74, 6) is 0.526. The third kappa shape index (κ3) is 4.78. The summed E-state index contributed by atoms with van der Waals surface area (Å²) in [6.07, 6.45) is 1.62. The number of amides is 2. The van der Waals surface area contributed by atoms with Crippen molar-refractivity contribution in [2.24, 2.45) is 5.92 Å². The molecule has 2 heterocycles. The third-order valence-corrected chi connectivity index (χ3v) is 5.30. The predicted molar refractivity (Wildman–Crippen MR) is 120 cm³/mol. The number of aromatic nitrogens is 1. The minimum Gasteiger partial charge on any atom is -0.494 e. The lowest BCUT2D eigenvalue weighted by Crippen LogP contribution is -2.49. The molecule has 2 N–H and O–H groups in total. The molecule has 1 aromatic carbocycles. The van der Waals surface area contributed by atoms with Gasteiger partial charge in [-0.25, -0.2) is 0 Å². The summed E-state index contributed by atoms with van der Waals surface area (Å²) in [6.45, 7) is 8.32. The SMILES string of the molecule is CCOc1ccc2c(c1)c(C(=O)NC(C(=O)NCC#N)C(C)C)c(C)n2Cc1ccco1. The molecule has 0 fully saturated rings. The molecule has 0 spiro atoms. The molecule has 0 aliphatic rings. The first-order chi connectivity index (χ1) is 15.4. The molecule has 2 amide bonds. The van der Waals surface area contributed by atoms with Crippen LogP contribution in [0.2, 0.25) is 0 Å². The second kappa shape index (κ2) is 10.1. The van der Waals surface area contributed by atoms with Crippen LogP contribution >= 0.6 is 0 Å². The Balaban J connectivity index is 2.04. The molecule has 8 heteroatoms. The van der Waals surface area contributed by atoms with Crippen molar-refractivity contribution in [2.45, 2.75) is 40.3 Å². The van der Waals surface area contributed by atoms with Gasteiger partial charge in [0.2, 0.25) is 5.91 Å². The first-order valence-electron chi connectivity index (χ1n) is 10.6. The van der Waals surface area contributed by atoms with E-state index in [2.05, 4.69) is 10.6 Å². The number of furan rings is 1. The fourth-order valence-electron chi connectivity index (χ4n) is 3.75. The van der Waals surface area contributed by atoms with Crippen LogP contribution < -0.4 is 15.4 Å². The number of nitrogens with zero attached hydrogens (tertiary/aromatic N) is 2. The molecule has 3 aromatic rings. The van der Waals surface area contributed by atoms with Crippen molar-refractivity contribution in [3.05, 3.63) is 53.6 Å². The van der Waals surface area contributed by atoms with E-state index in [1.54, 1.807) is 6.26 Å². The first-order valence-corrected chi connectivity index (χ1v) is 10.6. The van der Waals surface area contributed by atoms with E-state index in [1.807, 2.05) is 68.7 Å². The molecule has 168 valence electrons. The number of carbonyl (C=O) groups excluding carboxylic acids is 2. The molecule has 0 saturated heterocycles. The Bertz CT molecular complexity index is 1140. The Hall–Kier alpha value is -3.73. The Morgan fingerprint density at radius 2 is 2.06 bits per heavy atom. The van der Waals surface area contributed by atoms with Crippen molar-refractivity contribution >= 4 is 22.7 Å². The topological polar surface area (TPSA) is 109 Å². The highest BCUT2D eigenvalue weighted by atomic mass is 16.5. The number of benzene rings is 1. The Labute approximate surface area is 187 Å². The van der Waals surface area contributed by atoms with Crippen LogP contribution in [0.3, 0.4) is 0 Å². The number of hydrogen-bond donors (Lipinski definition) is 2. The molecule has 2 aromatic heterocycles. The van der Waals surface area contributed by atoms with E-state index in [1.165, 1.54) is 0 Å². The molecular weight excluding hydrogens is 408 g/mol. The maximum absolute atomic E-state index is 13.4. The fraction of sp³-hybridized carbons (Fsp3) is 0.375. The van der Waals surface area contributed by atoms with Crippen LogP contribution in [0.1, 0.15) is 42.6 Å². The Kier molecular flexibility index (Phi) is 7.21. The van der Waals surface area contributed by atoms with Crippen molar-refractivity contribution < 1.29 is 18.7 Å². The van der Waals surface area contributed by atoms with Crippen LogP contribution in [0.5, 0.6) is 5.75 Å². The lowest BCUT2D eigenvalue weighted by molar-refractivity contribution is -0.123. The number of fused-ring (bicyclic) bond motifs is 1.